The van der Waals surface area contributed by atoms with Gasteiger partial charge in [0, 0.05) is 18.7 Å². The lowest BCUT2D eigenvalue weighted by molar-refractivity contribution is -0.141. The zero-order valence-corrected chi connectivity index (χ0v) is 9.17. The first-order valence-electron chi connectivity index (χ1n) is 5.06. The Balaban J connectivity index is 2.75. The highest BCUT2D eigenvalue weighted by Gasteiger charge is 2.32. The quantitative estimate of drug-likeness (QED) is 0.864. The van der Waals surface area contributed by atoms with E-state index in [9.17, 15) is 13.2 Å². The molecule has 0 aliphatic rings. The van der Waals surface area contributed by atoms with E-state index in [4.69, 9.17) is 0 Å². The molecule has 0 aromatic carbocycles. The van der Waals surface area contributed by atoms with Gasteiger partial charge in [0.05, 0.1) is 0 Å². The van der Waals surface area contributed by atoms with E-state index < -0.39 is 11.9 Å². The van der Waals surface area contributed by atoms with E-state index >= 15 is 0 Å². The number of nitrogens with zero attached hydrogens (tertiary/aromatic N) is 2. The summed E-state index contributed by atoms with van der Waals surface area (Å²) in [4.78, 5) is 7.31. The first-order valence-corrected chi connectivity index (χ1v) is 5.06. The molecule has 1 atom stereocenters. The van der Waals surface area contributed by atoms with Gasteiger partial charge in [-0.15, -0.1) is 0 Å². The molecule has 1 aromatic heterocycles. The maximum atomic E-state index is 12.3. The van der Waals surface area contributed by atoms with Crippen molar-refractivity contribution < 1.29 is 13.2 Å². The summed E-state index contributed by atoms with van der Waals surface area (Å²) >= 11 is 0. The Morgan fingerprint density at radius 3 is 2.69 bits per heavy atom. The molecule has 1 rings (SSSR count). The van der Waals surface area contributed by atoms with Crippen molar-refractivity contribution in [2.75, 3.05) is 6.54 Å². The number of nitrogens with one attached hydrogen (secondary N) is 1. The highest BCUT2D eigenvalue weighted by molar-refractivity contribution is 5.06. The molecule has 0 amide bonds. The molecule has 0 aliphatic carbocycles. The van der Waals surface area contributed by atoms with Gasteiger partial charge >= 0.3 is 6.18 Å². The van der Waals surface area contributed by atoms with Crippen LogP contribution >= 0.6 is 0 Å². The van der Waals surface area contributed by atoms with Crippen LogP contribution in [-0.4, -0.2) is 22.6 Å². The smallest absolute Gasteiger partial charge is 0.314 e. The van der Waals surface area contributed by atoms with Crippen molar-refractivity contribution in [3.05, 3.63) is 23.8 Å². The van der Waals surface area contributed by atoms with Gasteiger partial charge in [-0.25, -0.2) is 9.97 Å². The van der Waals surface area contributed by atoms with E-state index in [1.54, 1.807) is 0 Å². The van der Waals surface area contributed by atoms with Gasteiger partial charge in [0.25, 0.3) is 0 Å². The van der Waals surface area contributed by atoms with Crippen molar-refractivity contribution in [2.45, 2.75) is 32.5 Å². The fourth-order valence-corrected chi connectivity index (χ4v) is 1.35. The average molecular weight is 233 g/mol. The van der Waals surface area contributed by atoms with Crippen LogP contribution in [0.1, 0.15) is 25.4 Å². The zero-order chi connectivity index (χ0) is 12.2. The van der Waals surface area contributed by atoms with Crippen LogP contribution < -0.4 is 5.32 Å². The molecular weight excluding hydrogens is 219 g/mol. The van der Waals surface area contributed by atoms with Crippen molar-refractivity contribution in [3.8, 4) is 0 Å². The van der Waals surface area contributed by atoms with Crippen LogP contribution in [0.4, 0.5) is 13.2 Å². The van der Waals surface area contributed by atoms with Crippen LogP contribution in [0.15, 0.2) is 12.3 Å². The zero-order valence-electron chi connectivity index (χ0n) is 9.17. The second-order valence-electron chi connectivity index (χ2n) is 3.52. The summed E-state index contributed by atoms with van der Waals surface area (Å²) in [5, 5.41) is 3.09. The standard InChI is InChI=1S/C10H14F3N3/c1-3-14-7(2)6-9-15-5-4-8(16-9)10(11,12)13/h4-5,7,14H,3,6H2,1-2H3. The number of rotatable bonds is 4. The fraction of sp³-hybridized carbons (Fsp3) is 0.600. The predicted molar refractivity (Wildman–Crippen MR) is 53.9 cm³/mol. The first kappa shape index (κ1) is 12.9. The number of likely N-dealkylation sites (N-methyl/N-ethyl adjacent to an activating group) is 1. The van der Waals surface area contributed by atoms with Gasteiger partial charge in [-0.3, -0.25) is 0 Å². The third-order valence-electron chi connectivity index (χ3n) is 2.04. The second kappa shape index (κ2) is 5.25. The largest absolute Gasteiger partial charge is 0.433 e. The van der Waals surface area contributed by atoms with E-state index in [-0.39, 0.29) is 11.9 Å². The van der Waals surface area contributed by atoms with Crippen LogP contribution in [-0.2, 0) is 12.6 Å². The summed E-state index contributed by atoms with van der Waals surface area (Å²) in [7, 11) is 0. The van der Waals surface area contributed by atoms with E-state index in [2.05, 4.69) is 15.3 Å². The first-order chi connectivity index (χ1) is 7.43. The number of halogens is 3. The van der Waals surface area contributed by atoms with Crippen LogP contribution in [0.3, 0.4) is 0 Å². The second-order valence-corrected chi connectivity index (χ2v) is 3.52. The molecule has 16 heavy (non-hydrogen) atoms. The van der Waals surface area contributed by atoms with E-state index in [0.29, 0.717) is 6.42 Å². The third kappa shape index (κ3) is 3.77. The molecule has 0 aliphatic heterocycles. The number of alkyl halides is 3. The molecule has 3 nitrogen and oxygen atoms in total. The Morgan fingerprint density at radius 1 is 1.44 bits per heavy atom. The number of aromatic nitrogens is 2. The average Bonchev–Trinajstić information content (AvgIpc) is 2.17. The molecule has 1 heterocycles. The van der Waals surface area contributed by atoms with E-state index in [0.717, 1.165) is 18.8 Å². The Kier molecular flexibility index (Phi) is 4.23. The molecule has 1 aromatic rings. The minimum Gasteiger partial charge on any atom is -0.314 e. The Labute approximate surface area is 92.1 Å². The van der Waals surface area contributed by atoms with Crippen LogP contribution in [0.25, 0.3) is 0 Å². The highest BCUT2D eigenvalue weighted by atomic mass is 19.4. The molecular formula is C10H14F3N3. The maximum Gasteiger partial charge on any atom is 0.433 e. The minimum absolute atomic E-state index is 0.0634. The van der Waals surface area contributed by atoms with Gasteiger partial charge < -0.3 is 5.32 Å². The number of hydrogen-bond donors (Lipinski definition) is 1. The molecule has 0 saturated heterocycles. The predicted octanol–water partition coefficient (Wildman–Crippen LogP) is 2.04. The lowest BCUT2D eigenvalue weighted by atomic mass is 10.2. The summed E-state index contributed by atoms with van der Waals surface area (Å²) in [6.07, 6.45) is -2.87. The molecule has 1 N–H and O–H groups in total. The van der Waals surface area contributed by atoms with Crippen LogP contribution in [0.2, 0.25) is 0 Å². The van der Waals surface area contributed by atoms with Gasteiger partial charge in [0.1, 0.15) is 11.5 Å². The topological polar surface area (TPSA) is 37.8 Å². The molecule has 0 saturated carbocycles. The van der Waals surface area contributed by atoms with Gasteiger partial charge in [-0.1, -0.05) is 6.92 Å². The summed E-state index contributed by atoms with van der Waals surface area (Å²) in [5.74, 6) is 0.211. The summed E-state index contributed by atoms with van der Waals surface area (Å²) < 4.78 is 37.0. The van der Waals surface area contributed by atoms with Crippen molar-refractivity contribution in [2.24, 2.45) is 0 Å². The molecule has 90 valence electrons. The van der Waals surface area contributed by atoms with Gasteiger partial charge in [-0.2, -0.15) is 13.2 Å². The third-order valence-corrected chi connectivity index (χ3v) is 2.04. The van der Waals surface area contributed by atoms with Crippen molar-refractivity contribution in [3.63, 3.8) is 0 Å². The van der Waals surface area contributed by atoms with Gasteiger partial charge in [0.2, 0.25) is 0 Å². The Morgan fingerprint density at radius 2 is 2.12 bits per heavy atom. The molecule has 6 heteroatoms. The fourth-order valence-electron chi connectivity index (χ4n) is 1.35. The Hall–Kier alpha value is -1.17. The van der Waals surface area contributed by atoms with E-state index in [1.807, 2.05) is 13.8 Å². The molecule has 0 fully saturated rings. The van der Waals surface area contributed by atoms with Gasteiger partial charge in [0.15, 0.2) is 0 Å². The SMILES string of the molecule is CCNC(C)Cc1nccc(C(F)(F)F)n1. The monoisotopic (exact) mass is 233 g/mol. The maximum absolute atomic E-state index is 12.3. The number of hydrogen-bond acceptors (Lipinski definition) is 3. The van der Waals surface area contributed by atoms with Gasteiger partial charge in [-0.05, 0) is 19.5 Å². The Bertz CT molecular complexity index is 338. The van der Waals surface area contributed by atoms with Crippen LogP contribution in [0.5, 0.6) is 0 Å². The normalized spacial score (nSPS) is 13.8. The molecule has 0 bridgehead atoms. The lowest BCUT2D eigenvalue weighted by Crippen LogP contribution is -2.28. The van der Waals surface area contributed by atoms with Crippen LogP contribution in [0, 0.1) is 0 Å². The van der Waals surface area contributed by atoms with Crippen molar-refractivity contribution in [1.29, 1.82) is 0 Å². The van der Waals surface area contributed by atoms with Crippen molar-refractivity contribution >= 4 is 0 Å². The molecule has 0 radical (unpaired) electrons. The molecule has 1 unspecified atom stereocenters. The molecule has 0 spiro atoms. The summed E-state index contributed by atoms with van der Waals surface area (Å²) in [6.45, 7) is 4.58. The van der Waals surface area contributed by atoms with E-state index in [1.165, 1.54) is 0 Å². The summed E-state index contributed by atoms with van der Waals surface area (Å²) in [5.41, 5.74) is -0.888. The lowest BCUT2D eigenvalue weighted by Gasteiger charge is -2.12. The highest BCUT2D eigenvalue weighted by Crippen LogP contribution is 2.26. The van der Waals surface area contributed by atoms with Crippen molar-refractivity contribution in [1.82, 2.24) is 15.3 Å². The summed E-state index contributed by atoms with van der Waals surface area (Å²) in [6, 6.07) is 0.940. The minimum atomic E-state index is -4.40.